The molecule has 0 N–H and O–H groups in total. The van der Waals surface area contributed by atoms with Gasteiger partial charge >= 0.3 is 0 Å². The number of nitrogens with zero attached hydrogens (tertiary/aromatic N) is 2. The molecular weight excluding hydrogens is 339 g/mol. The molecule has 3 aromatic rings. The highest BCUT2D eigenvalue weighted by Gasteiger charge is 1.94. The zero-order valence-electron chi connectivity index (χ0n) is 12.7. The van der Waals surface area contributed by atoms with Crippen molar-refractivity contribution in [3.63, 3.8) is 0 Å². The van der Waals surface area contributed by atoms with Crippen molar-refractivity contribution in [1.82, 2.24) is 0 Å². The van der Waals surface area contributed by atoms with Crippen molar-refractivity contribution in [2.24, 2.45) is 9.98 Å². The van der Waals surface area contributed by atoms with Crippen LogP contribution in [0.3, 0.4) is 0 Å². The van der Waals surface area contributed by atoms with E-state index in [4.69, 9.17) is 23.2 Å². The van der Waals surface area contributed by atoms with Crippen LogP contribution in [0.1, 0.15) is 11.1 Å². The maximum absolute atomic E-state index is 5.95. The van der Waals surface area contributed by atoms with Gasteiger partial charge in [0.1, 0.15) is 0 Å². The second-order valence-electron chi connectivity index (χ2n) is 5.14. The summed E-state index contributed by atoms with van der Waals surface area (Å²) < 4.78 is 0. The van der Waals surface area contributed by atoms with Crippen molar-refractivity contribution < 1.29 is 0 Å². The molecule has 0 amide bonds. The van der Waals surface area contributed by atoms with Gasteiger partial charge in [-0.15, -0.1) is 0 Å². The monoisotopic (exact) mass is 352 g/mol. The van der Waals surface area contributed by atoms with Gasteiger partial charge in [-0.1, -0.05) is 59.6 Å². The van der Waals surface area contributed by atoms with Crippen LogP contribution in [0.5, 0.6) is 0 Å². The van der Waals surface area contributed by atoms with Gasteiger partial charge < -0.3 is 0 Å². The third kappa shape index (κ3) is 4.79. The highest BCUT2D eigenvalue weighted by molar-refractivity contribution is 6.31. The molecule has 0 aromatic heterocycles. The van der Waals surface area contributed by atoms with Crippen LogP contribution in [0.4, 0.5) is 11.4 Å². The van der Waals surface area contributed by atoms with Crippen LogP contribution >= 0.6 is 23.2 Å². The summed E-state index contributed by atoms with van der Waals surface area (Å²) in [6, 6.07) is 22.9. The quantitative estimate of drug-likeness (QED) is 0.479. The van der Waals surface area contributed by atoms with Crippen LogP contribution in [0.2, 0.25) is 10.0 Å². The number of halogens is 2. The van der Waals surface area contributed by atoms with Gasteiger partial charge in [0.25, 0.3) is 0 Å². The molecule has 0 aliphatic carbocycles. The highest BCUT2D eigenvalue weighted by atomic mass is 35.5. The minimum Gasteiger partial charge on any atom is -0.256 e. The lowest BCUT2D eigenvalue weighted by Crippen LogP contribution is -1.84. The zero-order valence-corrected chi connectivity index (χ0v) is 14.2. The summed E-state index contributed by atoms with van der Waals surface area (Å²) in [7, 11) is 0. The first-order valence-electron chi connectivity index (χ1n) is 7.38. The average Bonchev–Trinajstić information content (AvgIpc) is 2.59. The van der Waals surface area contributed by atoms with Gasteiger partial charge in [0, 0.05) is 22.5 Å². The molecule has 3 rings (SSSR count). The molecule has 24 heavy (non-hydrogen) atoms. The predicted octanol–water partition coefficient (Wildman–Crippen LogP) is 6.49. The van der Waals surface area contributed by atoms with Gasteiger partial charge in [0.05, 0.1) is 11.4 Å². The molecule has 0 atom stereocenters. The van der Waals surface area contributed by atoms with Crippen molar-refractivity contribution in [3.8, 4) is 0 Å². The molecule has 118 valence electrons. The maximum Gasteiger partial charge on any atom is 0.0644 e. The van der Waals surface area contributed by atoms with E-state index in [1.165, 1.54) is 0 Å². The van der Waals surface area contributed by atoms with Gasteiger partial charge in [0.15, 0.2) is 0 Å². The standard InChI is InChI=1S/C20H14Cl2N2/c21-17-3-1-5-19(11-17)23-13-15-7-9-16(10-8-15)14-24-20-6-2-4-18(22)12-20/h1-14H. The second-order valence-corrected chi connectivity index (χ2v) is 6.02. The fourth-order valence-electron chi connectivity index (χ4n) is 2.08. The van der Waals surface area contributed by atoms with Crippen molar-refractivity contribution in [2.45, 2.75) is 0 Å². The Labute approximate surface area is 151 Å². The van der Waals surface area contributed by atoms with E-state index in [2.05, 4.69) is 9.98 Å². The smallest absolute Gasteiger partial charge is 0.0644 e. The molecule has 0 aliphatic rings. The lowest BCUT2D eigenvalue weighted by molar-refractivity contribution is 1.51. The third-order valence-corrected chi connectivity index (χ3v) is 3.75. The second kappa shape index (κ2) is 7.91. The molecule has 0 spiro atoms. The summed E-state index contributed by atoms with van der Waals surface area (Å²) in [5.74, 6) is 0. The minimum atomic E-state index is 0.678. The van der Waals surface area contributed by atoms with Crippen LogP contribution in [0.25, 0.3) is 0 Å². The van der Waals surface area contributed by atoms with Crippen LogP contribution in [-0.2, 0) is 0 Å². The Kier molecular flexibility index (Phi) is 5.42. The van der Waals surface area contributed by atoms with E-state index in [0.29, 0.717) is 10.0 Å². The first-order valence-corrected chi connectivity index (χ1v) is 8.14. The van der Waals surface area contributed by atoms with Crippen molar-refractivity contribution in [2.75, 3.05) is 0 Å². The molecule has 0 radical (unpaired) electrons. The Balaban J connectivity index is 1.69. The van der Waals surface area contributed by atoms with Crippen molar-refractivity contribution in [3.05, 3.63) is 94.0 Å². The van der Waals surface area contributed by atoms with Gasteiger partial charge in [-0.25, -0.2) is 0 Å². The first-order chi connectivity index (χ1) is 11.7. The van der Waals surface area contributed by atoms with Crippen LogP contribution in [0, 0.1) is 0 Å². The Morgan fingerprint density at radius 3 is 1.38 bits per heavy atom. The third-order valence-electron chi connectivity index (χ3n) is 3.28. The van der Waals surface area contributed by atoms with E-state index in [1.54, 1.807) is 0 Å². The SMILES string of the molecule is Clc1cccc(N=Cc2ccc(C=Nc3cccc(Cl)c3)cc2)c1. The molecule has 0 unspecified atom stereocenters. The number of hydrogen-bond acceptors (Lipinski definition) is 2. The molecule has 4 heteroatoms. The predicted molar refractivity (Wildman–Crippen MR) is 104 cm³/mol. The fourth-order valence-corrected chi connectivity index (χ4v) is 2.45. The highest BCUT2D eigenvalue weighted by Crippen LogP contribution is 2.19. The van der Waals surface area contributed by atoms with E-state index in [1.807, 2.05) is 85.2 Å². The number of hydrogen-bond donors (Lipinski definition) is 0. The maximum atomic E-state index is 5.95. The minimum absolute atomic E-state index is 0.678. The summed E-state index contributed by atoms with van der Waals surface area (Å²) in [6.45, 7) is 0. The topological polar surface area (TPSA) is 24.7 Å². The van der Waals surface area contributed by atoms with Gasteiger partial charge in [0.2, 0.25) is 0 Å². The molecule has 0 heterocycles. The van der Waals surface area contributed by atoms with Crippen molar-refractivity contribution >= 4 is 47.0 Å². The average molecular weight is 353 g/mol. The molecule has 2 nitrogen and oxygen atoms in total. The first kappa shape index (κ1) is 16.4. The molecule has 0 saturated heterocycles. The summed E-state index contributed by atoms with van der Waals surface area (Å²) >= 11 is 11.9. The normalized spacial score (nSPS) is 11.4. The van der Waals surface area contributed by atoms with E-state index in [0.717, 1.165) is 22.5 Å². The molecule has 0 fully saturated rings. The number of rotatable bonds is 4. The number of aliphatic imine (C=N–C) groups is 2. The lowest BCUT2D eigenvalue weighted by Gasteiger charge is -1.98. The lowest BCUT2D eigenvalue weighted by atomic mass is 10.1. The summed E-state index contributed by atoms with van der Waals surface area (Å²) in [6.07, 6.45) is 3.62. The van der Waals surface area contributed by atoms with E-state index >= 15 is 0 Å². The van der Waals surface area contributed by atoms with E-state index < -0.39 is 0 Å². The Morgan fingerprint density at radius 1 is 0.583 bits per heavy atom. The van der Waals surface area contributed by atoms with Crippen LogP contribution < -0.4 is 0 Å². The largest absolute Gasteiger partial charge is 0.256 e. The zero-order chi connectivity index (χ0) is 16.8. The van der Waals surface area contributed by atoms with Gasteiger partial charge in [-0.05, 0) is 47.5 Å². The molecule has 3 aromatic carbocycles. The van der Waals surface area contributed by atoms with Gasteiger partial charge in [-0.3, -0.25) is 9.98 Å². The Bertz CT molecular complexity index is 810. The van der Waals surface area contributed by atoms with E-state index in [-0.39, 0.29) is 0 Å². The summed E-state index contributed by atoms with van der Waals surface area (Å²) in [5.41, 5.74) is 3.67. The Morgan fingerprint density at radius 2 is 1.00 bits per heavy atom. The Hall–Kier alpha value is -2.42. The fraction of sp³-hybridized carbons (Fsp3) is 0. The van der Waals surface area contributed by atoms with E-state index in [9.17, 15) is 0 Å². The molecule has 0 bridgehead atoms. The van der Waals surface area contributed by atoms with Crippen molar-refractivity contribution in [1.29, 1.82) is 0 Å². The molecular formula is C20H14Cl2N2. The summed E-state index contributed by atoms with van der Waals surface area (Å²) in [4.78, 5) is 8.83. The molecule has 0 aliphatic heterocycles. The summed E-state index contributed by atoms with van der Waals surface area (Å²) in [5, 5.41) is 1.36. The van der Waals surface area contributed by atoms with Crippen LogP contribution in [0.15, 0.2) is 82.8 Å². The van der Waals surface area contributed by atoms with Gasteiger partial charge in [-0.2, -0.15) is 0 Å². The number of benzene rings is 3. The van der Waals surface area contributed by atoms with Crippen LogP contribution in [-0.4, -0.2) is 12.4 Å². The molecule has 0 saturated carbocycles.